The highest BCUT2D eigenvalue weighted by Crippen LogP contribution is 2.28. The van der Waals surface area contributed by atoms with Crippen molar-refractivity contribution in [2.24, 2.45) is 0 Å². The minimum atomic E-state index is -1.15. The van der Waals surface area contributed by atoms with Crippen LogP contribution in [0.3, 0.4) is 0 Å². The van der Waals surface area contributed by atoms with E-state index in [2.05, 4.69) is 0 Å². The summed E-state index contributed by atoms with van der Waals surface area (Å²) in [7, 11) is 0. The predicted octanol–water partition coefficient (Wildman–Crippen LogP) is 3.35. The molecule has 0 heterocycles. The van der Waals surface area contributed by atoms with Crippen molar-refractivity contribution in [1.82, 2.24) is 0 Å². The third-order valence-electron chi connectivity index (χ3n) is 2.78. The lowest BCUT2D eigenvalue weighted by Gasteiger charge is -2.15. The maximum Gasteiger partial charge on any atom is 0.129 e. The Morgan fingerprint density at radius 2 is 1.53 bits per heavy atom. The zero-order valence-corrected chi connectivity index (χ0v) is 9.32. The zero-order valence-electron chi connectivity index (χ0n) is 9.32. The summed E-state index contributed by atoms with van der Waals surface area (Å²) in [5.41, 5.74) is 0.678. The molecule has 1 nitrogen and oxygen atoms in total. The Morgan fingerprint density at radius 1 is 0.941 bits per heavy atom. The van der Waals surface area contributed by atoms with Crippen LogP contribution < -0.4 is 0 Å². The number of halogens is 2. The molecule has 0 radical (unpaired) electrons. The van der Waals surface area contributed by atoms with E-state index in [0.717, 1.165) is 12.1 Å². The molecule has 88 valence electrons. The molecule has 0 aliphatic heterocycles. The molecule has 0 aliphatic rings. The van der Waals surface area contributed by atoms with Gasteiger partial charge in [0.1, 0.15) is 17.7 Å². The van der Waals surface area contributed by atoms with Crippen LogP contribution in [0.25, 0.3) is 0 Å². The van der Waals surface area contributed by atoms with Gasteiger partial charge in [0, 0.05) is 5.56 Å². The van der Waals surface area contributed by atoms with Gasteiger partial charge in [-0.3, -0.25) is 0 Å². The molecule has 0 amide bonds. The molecular formula is C14H12F2O. The fourth-order valence-corrected chi connectivity index (χ4v) is 1.81. The van der Waals surface area contributed by atoms with Crippen molar-refractivity contribution >= 4 is 0 Å². The smallest absolute Gasteiger partial charge is 0.129 e. The van der Waals surface area contributed by atoms with Gasteiger partial charge in [-0.1, -0.05) is 30.3 Å². The van der Waals surface area contributed by atoms with Crippen molar-refractivity contribution in [3.8, 4) is 0 Å². The van der Waals surface area contributed by atoms with Gasteiger partial charge < -0.3 is 5.11 Å². The molecule has 3 heteroatoms. The largest absolute Gasteiger partial charge is 0.384 e. The molecule has 0 saturated carbocycles. The Hall–Kier alpha value is -1.74. The lowest BCUT2D eigenvalue weighted by molar-refractivity contribution is 0.213. The van der Waals surface area contributed by atoms with Crippen LogP contribution in [0.4, 0.5) is 8.78 Å². The van der Waals surface area contributed by atoms with E-state index in [4.69, 9.17) is 0 Å². The minimum Gasteiger partial charge on any atom is -0.384 e. The van der Waals surface area contributed by atoms with E-state index in [9.17, 15) is 13.9 Å². The van der Waals surface area contributed by atoms with Crippen molar-refractivity contribution < 1.29 is 13.9 Å². The summed E-state index contributed by atoms with van der Waals surface area (Å²) in [6.45, 7) is 1.46. The van der Waals surface area contributed by atoms with Gasteiger partial charge in [0.05, 0.1) is 0 Å². The Balaban J connectivity index is 2.51. The van der Waals surface area contributed by atoms with E-state index in [-0.39, 0.29) is 11.1 Å². The highest BCUT2D eigenvalue weighted by molar-refractivity contribution is 5.36. The molecule has 0 aliphatic carbocycles. The Labute approximate surface area is 98.3 Å². The van der Waals surface area contributed by atoms with Crippen molar-refractivity contribution in [3.05, 3.63) is 70.8 Å². The topological polar surface area (TPSA) is 20.2 Å². The molecule has 0 spiro atoms. The van der Waals surface area contributed by atoms with Crippen molar-refractivity contribution in [3.63, 3.8) is 0 Å². The van der Waals surface area contributed by atoms with Gasteiger partial charge in [-0.25, -0.2) is 8.78 Å². The van der Waals surface area contributed by atoms with Gasteiger partial charge in [0.2, 0.25) is 0 Å². The number of hydrogen-bond donors (Lipinski definition) is 1. The number of rotatable bonds is 2. The van der Waals surface area contributed by atoms with E-state index in [1.165, 1.54) is 6.92 Å². The third kappa shape index (κ3) is 2.19. The number of benzene rings is 2. The van der Waals surface area contributed by atoms with Crippen LogP contribution in [0, 0.1) is 18.6 Å². The molecular weight excluding hydrogens is 222 g/mol. The van der Waals surface area contributed by atoms with E-state index < -0.39 is 17.7 Å². The molecule has 1 unspecified atom stereocenters. The fourth-order valence-electron chi connectivity index (χ4n) is 1.81. The van der Waals surface area contributed by atoms with Crippen molar-refractivity contribution in [1.29, 1.82) is 0 Å². The maximum atomic E-state index is 13.6. The summed E-state index contributed by atoms with van der Waals surface area (Å²) in [4.78, 5) is 0. The van der Waals surface area contributed by atoms with Gasteiger partial charge in [0.15, 0.2) is 0 Å². The second-order valence-corrected chi connectivity index (χ2v) is 3.88. The van der Waals surface area contributed by atoms with E-state index in [0.29, 0.717) is 5.56 Å². The Morgan fingerprint density at radius 3 is 2.18 bits per heavy atom. The molecule has 1 atom stereocenters. The third-order valence-corrected chi connectivity index (χ3v) is 2.78. The molecule has 1 N–H and O–H groups in total. The van der Waals surface area contributed by atoms with E-state index in [1.807, 2.05) is 0 Å². The normalized spacial score (nSPS) is 12.5. The molecule has 0 aromatic heterocycles. The van der Waals surface area contributed by atoms with Crippen molar-refractivity contribution in [2.75, 3.05) is 0 Å². The Bertz CT molecular complexity index is 523. The van der Waals surface area contributed by atoms with Crippen LogP contribution in [0.1, 0.15) is 22.8 Å². The summed E-state index contributed by atoms with van der Waals surface area (Å²) in [5, 5.41) is 10.1. The van der Waals surface area contributed by atoms with Gasteiger partial charge in [0.25, 0.3) is 0 Å². The van der Waals surface area contributed by atoms with Crippen LogP contribution in [-0.4, -0.2) is 5.11 Å². The first kappa shape index (κ1) is 11.7. The predicted molar refractivity (Wildman–Crippen MR) is 61.6 cm³/mol. The average molecular weight is 234 g/mol. The number of hydrogen-bond acceptors (Lipinski definition) is 1. The molecule has 2 aromatic rings. The summed E-state index contributed by atoms with van der Waals surface area (Å²) in [6, 6.07) is 10.7. The second kappa shape index (κ2) is 4.63. The molecule has 0 bridgehead atoms. The van der Waals surface area contributed by atoms with E-state index in [1.54, 1.807) is 30.3 Å². The summed E-state index contributed by atoms with van der Waals surface area (Å²) in [6.07, 6.45) is -1.15. The zero-order chi connectivity index (χ0) is 12.4. The maximum absolute atomic E-state index is 13.6. The SMILES string of the molecule is Cc1c(F)ccc(F)c1C(O)c1ccccc1. The first-order valence-corrected chi connectivity index (χ1v) is 5.28. The van der Waals surface area contributed by atoms with Gasteiger partial charge in [-0.15, -0.1) is 0 Å². The van der Waals surface area contributed by atoms with Crippen LogP contribution in [0.5, 0.6) is 0 Å². The van der Waals surface area contributed by atoms with Crippen LogP contribution in [-0.2, 0) is 0 Å². The number of aliphatic hydroxyl groups excluding tert-OH is 1. The van der Waals surface area contributed by atoms with Gasteiger partial charge in [-0.05, 0) is 30.2 Å². The van der Waals surface area contributed by atoms with Crippen LogP contribution in [0.2, 0.25) is 0 Å². The van der Waals surface area contributed by atoms with E-state index >= 15 is 0 Å². The van der Waals surface area contributed by atoms with Crippen LogP contribution >= 0.6 is 0 Å². The molecule has 0 saturated heterocycles. The first-order valence-electron chi connectivity index (χ1n) is 5.28. The van der Waals surface area contributed by atoms with Gasteiger partial charge >= 0.3 is 0 Å². The van der Waals surface area contributed by atoms with Gasteiger partial charge in [-0.2, -0.15) is 0 Å². The summed E-state index contributed by atoms with van der Waals surface area (Å²) in [5.74, 6) is -1.11. The highest BCUT2D eigenvalue weighted by atomic mass is 19.1. The first-order chi connectivity index (χ1) is 8.11. The molecule has 2 aromatic carbocycles. The number of aliphatic hydroxyl groups is 1. The summed E-state index contributed by atoms with van der Waals surface area (Å²) >= 11 is 0. The summed E-state index contributed by atoms with van der Waals surface area (Å²) < 4.78 is 27.0. The average Bonchev–Trinajstić information content (AvgIpc) is 2.35. The van der Waals surface area contributed by atoms with Crippen LogP contribution in [0.15, 0.2) is 42.5 Å². The molecule has 2 rings (SSSR count). The molecule has 17 heavy (non-hydrogen) atoms. The monoisotopic (exact) mass is 234 g/mol. The lowest BCUT2D eigenvalue weighted by atomic mass is 9.96. The molecule has 0 fully saturated rings. The Kier molecular flexibility index (Phi) is 3.20. The second-order valence-electron chi connectivity index (χ2n) is 3.88. The standard InChI is InChI=1S/C14H12F2O/c1-9-11(15)7-8-12(16)13(9)14(17)10-5-3-2-4-6-10/h2-8,14,17H,1H3. The lowest BCUT2D eigenvalue weighted by Crippen LogP contribution is -2.06. The minimum absolute atomic E-state index is 0.00352. The quantitative estimate of drug-likeness (QED) is 0.844. The van der Waals surface area contributed by atoms with Crippen molar-refractivity contribution in [2.45, 2.75) is 13.0 Å². The fraction of sp³-hybridized carbons (Fsp3) is 0.143. The highest BCUT2D eigenvalue weighted by Gasteiger charge is 2.19.